The molecular formula is C14H16O2. The van der Waals surface area contributed by atoms with E-state index in [0.29, 0.717) is 18.6 Å². The van der Waals surface area contributed by atoms with Crippen molar-refractivity contribution in [2.45, 2.75) is 13.3 Å². The average Bonchev–Trinajstić information content (AvgIpc) is 2.30. The van der Waals surface area contributed by atoms with Gasteiger partial charge in [0.05, 0.1) is 6.61 Å². The molecule has 0 heterocycles. The Morgan fingerprint density at radius 1 is 1.38 bits per heavy atom. The standard InChI is InChI=1S/C14H16O2/c1-3-8-13(14(15)16-4-2)11-12-9-6-5-7-10-12/h3,5-10H,1,4,11H2,2H3/b13-8+. The van der Waals surface area contributed by atoms with Crippen LogP contribution in [0, 0.1) is 0 Å². The Hall–Kier alpha value is -1.83. The van der Waals surface area contributed by atoms with Crippen LogP contribution in [0.4, 0.5) is 0 Å². The Balaban J connectivity index is 2.77. The number of carbonyl (C=O) groups excluding carboxylic acids is 1. The van der Waals surface area contributed by atoms with Gasteiger partial charge in [-0.25, -0.2) is 4.79 Å². The van der Waals surface area contributed by atoms with Crippen LogP contribution in [0.25, 0.3) is 0 Å². The molecule has 0 amide bonds. The Bertz CT molecular complexity index is 377. The van der Waals surface area contributed by atoms with Gasteiger partial charge in [-0.3, -0.25) is 0 Å². The number of ether oxygens (including phenoxy) is 1. The molecule has 0 saturated heterocycles. The first-order chi connectivity index (χ1) is 7.77. The lowest BCUT2D eigenvalue weighted by molar-refractivity contribution is -0.138. The highest BCUT2D eigenvalue weighted by Crippen LogP contribution is 2.09. The van der Waals surface area contributed by atoms with Gasteiger partial charge in [-0.1, -0.05) is 49.1 Å². The molecule has 0 aliphatic heterocycles. The van der Waals surface area contributed by atoms with Crippen LogP contribution in [-0.2, 0) is 16.0 Å². The molecule has 0 aliphatic rings. The van der Waals surface area contributed by atoms with Gasteiger partial charge in [0.15, 0.2) is 0 Å². The summed E-state index contributed by atoms with van der Waals surface area (Å²) < 4.78 is 4.97. The van der Waals surface area contributed by atoms with Crippen LogP contribution in [0.3, 0.4) is 0 Å². The van der Waals surface area contributed by atoms with E-state index in [1.54, 1.807) is 19.1 Å². The average molecular weight is 216 g/mol. The van der Waals surface area contributed by atoms with Crippen molar-refractivity contribution in [3.8, 4) is 0 Å². The molecular weight excluding hydrogens is 200 g/mol. The van der Waals surface area contributed by atoms with Gasteiger partial charge in [-0.2, -0.15) is 0 Å². The lowest BCUT2D eigenvalue weighted by Gasteiger charge is -2.06. The van der Waals surface area contributed by atoms with E-state index in [4.69, 9.17) is 4.74 Å². The number of carbonyl (C=O) groups is 1. The van der Waals surface area contributed by atoms with Crippen molar-refractivity contribution in [2.75, 3.05) is 6.61 Å². The number of hydrogen-bond acceptors (Lipinski definition) is 2. The fourth-order valence-electron chi connectivity index (χ4n) is 1.38. The number of esters is 1. The smallest absolute Gasteiger partial charge is 0.334 e. The van der Waals surface area contributed by atoms with Gasteiger partial charge in [0, 0.05) is 12.0 Å². The number of rotatable bonds is 5. The van der Waals surface area contributed by atoms with Crippen LogP contribution >= 0.6 is 0 Å². The molecule has 0 atom stereocenters. The van der Waals surface area contributed by atoms with Crippen molar-refractivity contribution in [2.24, 2.45) is 0 Å². The molecule has 16 heavy (non-hydrogen) atoms. The van der Waals surface area contributed by atoms with Gasteiger partial charge in [0.2, 0.25) is 0 Å². The molecule has 1 rings (SSSR count). The van der Waals surface area contributed by atoms with Gasteiger partial charge >= 0.3 is 5.97 Å². The van der Waals surface area contributed by atoms with Crippen molar-refractivity contribution in [1.82, 2.24) is 0 Å². The summed E-state index contributed by atoms with van der Waals surface area (Å²) in [5, 5.41) is 0. The highest BCUT2D eigenvalue weighted by atomic mass is 16.5. The summed E-state index contributed by atoms with van der Waals surface area (Å²) in [7, 11) is 0. The summed E-state index contributed by atoms with van der Waals surface area (Å²) in [5.41, 5.74) is 1.71. The molecule has 0 unspecified atom stereocenters. The second-order valence-corrected chi connectivity index (χ2v) is 3.31. The van der Waals surface area contributed by atoms with E-state index < -0.39 is 0 Å². The van der Waals surface area contributed by atoms with E-state index in [2.05, 4.69) is 6.58 Å². The molecule has 1 aromatic carbocycles. The SMILES string of the molecule is C=C/C=C(\Cc1ccccc1)C(=O)OCC. The third-order valence-corrected chi connectivity index (χ3v) is 2.09. The Kier molecular flexibility index (Phi) is 5.06. The molecule has 0 saturated carbocycles. The number of benzene rings is 1. The second-order valence-electron chi connectivity index (χ2n) is 3.31. The van der Waals surface area contributed by atoms with Crippen LogP contribution in [0.5, 0.6) is 0 Å². The summed E-state index contributed by atoms with van der Waals surface area (Å²) in [6.45, 7) is 5.79. The van der Waals surface area contributed by atoms with Gasteiger partial charge in [-0.05, 0) is 12.5 Å². The van der Waals surface area contributed by atoms with E-state index in [9.17, 15) is 4.79 Å². The highest BCUT2D eigenvalue weighted by Gasteiger charge is 2.09. The third kappa shape index (κ3) is 3.73. The molecule has 84 valence electrons. The Labute approximate surface area is 96.2 Å². The van der Waals surface area contributed by atoms with Crippen LogP contribution in [0.15, 0.2) is 54.6 Å². The minimum Gasteiger partial charge on any atom is -0.463 e. The van der Waals surface area contributed by atoms with Crippen molar-refractivity contribution in [3.63, 3.8) is 0 Å². The van der Waals surface area contributed by atoms with Crippen molar-refractivity contribution in [1.29, 1.82) is 0 Å². The van der Waals surface area contributed by atoms with Crippen molar-refractivity contribution < 1.29 is 9.53 Å². The normalized spacial score (nSPS) is 10.9. The Morgan fingerprint density at radius 2 is 2.06 bits per heavy atom. The summed E-state index contributed by atoms with van der Waals surface area (Å²) in [4.78, 5) is 11.6. The lowest BCUT2D eigenvalue weighted by Crippen LogP contribution is -2.09. The van der Waals surface area contributed by atoms with Gasteiger partial charge in [-0.15, -0.1) is 0 Å². The number of hydrogen-bond donors (Lipinski definition) is 0. The minimum atomic E-state index is -0.272. The maximum Gasteiger partial charge on any atom is 0.334 e. The summed E-state index contributed by atoms with van der Waals surface area (Å²) >= 11 is 0. The molecule has 0 aromatic heterocycles. The van der Waals surface area contributed by atoms with Crippen LogP contribution in [-0.4, -0.2) is 12.6 Å². The number of allylic oxidation sites excluding steroid dienone is 2. The van der Waals surface area contributed by atoms with Crippen molar-refractivity contribution in [3.05, 3.63) is 60.2 Å². The highest BCUT2D eigenvalue weighted by molar-refractivity contribution is 5.89. The fourth-order valence-corrected chi connectivity index (χ4v) is 1.38. The molecule has 2 nitrogen and oxygen atoms in total. The van der Waals surface area contributed by atoms with E-state index >= 15 is 0 Å². The minimum absolute atomic E-state index is 0.272. The van der Waals surface area contributed by atoms with E-state index in [1.807, 2.05) is 30.3 Å². The molecule has 0 fully saturated rings. The lowest BCUT2D eigenvalue weighted by atomic mass is 10.1. The van der Waals surface area contributed by atoms with Crippen LogP contribution in [0.2, 0.25) is 0 Å². The van der Waals surface area contributed by atoms with Crippen molar-refractivity contribution >= 4 is 5.97 Å². The third-order valence-electron chi connectivity index (χ3n) is 2.09. The molecule has 1 aromatic rings. The molecule has 0 spiro atoms. The first-order valence-corrected chi connectivity index (χ1v) is 5.30. The van der Waals surface area contributed by atoms with E-state index in [1.165, 1.54) is 0 Å². The first kappa shape index (κ1) is 12.2. The van der Waals surface area contributed by atoms with Gasteiger partial charge in [0.1, 0.15) is 0 Å². The first-order valence-electron chi connectivity index (χ1n) is 5.30. The maximum atomic E-state index is 11.6. The zero-order chi connectivity index (χ0) is 11.8. The van der Waals surface area contributed by atoms with E-state index in [-0.39, 0.29) is 5.97 Å². The zero-order valence-electron chi connectivity index (χ0n) is 9.48. The summed E-state index contributed by atoms with van der Waals surface area (Å²) in [6.07, 6.45) is 3.88. The zero-order valence-corrected chi connectivity index (χ0v) is 9.48. The van der Waals surface area contributed by atoms with E-state index in [0.717, 1.165) is 5.56 Å². The monoisotopic (exact) mass is 216 g/mol. The topological polar surface area (TPSA) is 26.3 Å². The molecule has 0 aliphatic carbocycles. The second kappa shape index (κ2) is 6.62. The van der Waals surface area contributed by atoms with Gasteiger partial charge in [0.25, 0.3) is 0 Å². The molecule has 0 N–H and O–H groups in total. The predicted octanol–water partition coefficient (Wildman–Crippen LogP) is 2.90. The van der Waals surface area contributed by atoms with Crippen LogP contribution in [0.1, 0.15) is 12.5 Å². The summed E-state index contributed by atoms with van der Waals surface area (Å²) in [5.74, 6) is -0.272. The fraction of sp³-hybridized carbons (Fsp3) is 0.214. The summed E-state index contributed by atoms with van der Waals surface area (Å²) in [6, 6.07) is 9.81. The van der Waals surface area contributed by atoms with Gasteiger partial charge < -0.3 is 4.74 Å². The molecule has 0 bridgehead atoms. The molecule has 2 heteroatoms. The Morgan fingerprint density at radius 3 is 2.62 bits per heavy atom. The maximum absolute atomic E-state index is 11.6. The quantitative estimate of drug-likeness (QED) is 0.430. The molecule has 0 radical (unpaired) electrons. The predicted molar refractivity (Wildman–Crippen MR) is 65.1 cm³/mol. The van der Waals surface area contributed by atoms with Crippen LogP contribution < -0.4 is 0 Å². The largest absolute Gasteiger partial charge is 0.463 e.